The molecule has 1 fully saturated rings. The fourth-order valence-electron chi connectivity index (χ4n) is 2.83. The Bertz CT molecular complexity index is 468. The first-order valence-corrected chi connectivity index (χ1v) is 7.19. The molecule has 2 rings (SSSR count). The summed E-state index contributed by atoms with van der Waals surface area (Å²) >= 11 is 0. The molecule has 0 N–H and O–H groups in total. The molecule has 0 aliphatic carbocycles. The third-order valence-corrected chi connectivity index (χ3v) is 3.71. The van der Waals surface area contributed by atoms with Crippen LogP contribution in [0.4, 0.5) is 0 Å². The van der Waals surface area contributed by atoms with E-state index in [1.165, 1.54) is 6.42 Å². The summed E-state index contributed by atoms with van der Waals surface area (Å²) in [7, 11) is 1.65. The van der Waals surface area contributed by atoms with Crippen LogP contribution in [0.3, 0.4) is 0 Å². The molecule has 20 heavy (non-hydrogen) atoms. The summed E-state index contributed by atoms with van der Waals surface area (Å²) in [6.07, 6.45) is 4.75. The molecule has 0 bridgehead atoms. The zero-order valence-electron chi connectivity index (χ0n) is 12.5. The van der Waals surface area contributed by atoms with Crippen LogP contribution in [0.5, 0.6) is 5.75 Å². The minimum absolute atomic E-state index is 0.110. The zero-order chi connectivity index (χ0) is 14.5. The van der Waals surface area contributed by atoms with Crippen molar-refractivity contribution in [2.45, 2.75) is 20.3 Å². The summed E-state index contributed by atoms with van der Waals surface area (Å²) in [6, 6.07) is 7.69. The van der Waals surface area contributed by atoms with E-state index in [0.29, 0.717) is 11.8 Å². The third kappa shape index (κ3) is 3.86. The number of likely N-dealkylation sites (tertiary alicyclic amines) is 1. The summed E-state index contributed by atoms with van der Waals surface area (Å²) < 4.78 is 5.11. The Labute approximate surface area is 121 Å². The number of nitrogens with zero attached hydrogens (tertiary/aromatic N) is 1. The number of piperidine rings is 1. The van der Waals surface area contributed by atoms with Crippen molar-refractivity contribution in [2.75, 3.05) is 20.2 Å². The molecule has 1 aliphatic rings. The van der Waals surface area contributed by atoms with E-state index in [9.17, 15) is 4.79 Å². The summed E-state index contributed by atoms with van der Waals surface area (Å²) in [4.78, 5) is 14.2. The van der Waals surface area contributed by atoms with Crippen molar-refractivity contribution in [3.8, 4) is 5.75 Å². The third-order valence-electron chi connectivity index (χ3n) is 3.71. The molecule has 1 saturated heterocycles. The highest BCUT2D eigenvalue weighted by atomic mass is 16.5. The summed E-state index contributed by atoms with van der Waals surface area (Å²) in [5.41, 5.74) is 1.01. The zero-order valence-corrected chi connectivity index (χ0v) is 12.5. The lowest BCUT2D eigenvalue weighted by molar-refractivity contribution is -0.128. The largest absolute Gasteiger partial charge is 0.497 e. The van der Waals surface area contributed by atoms with Gasteiger partial charge < -0.3 is 9.64 Å². The second kappa shape index (κ2) is 6.60. The van der Waals surface area contributed by atoms with Gasteiger partial charge in [-0.3, -0.25) is 4.79 Å². The topological polar surface area (TPSA) is 29.5 Å². The van der Waals surface area contributed by atoms with Gasteiger partial charge >= 0.3 is 0 Å². The number of carbonyl (C=O) groups excluding carboxylic acids is 1. The van der Waals surface area contributed by atoms with Crippen LogP contribution in [0, 0.1) is 11.8 Å². The Morgan fingerprint density at radius 3 is 2.35 bits per heavy atom. The first-order valence-electron chi connectivity index (χ1n) is 7.19. The number of methoxy groups -OCH3 is 1. The maximum absolute atomic E-state index is 12.2. The second-order valence-electron chi connectivity index (χ2n) is 5.80. The lowest BCUT2D eigenvalue weighted by Gasteiger charge is -2.34. The molecule has 2 atom stereocenters. The van der Waals surface area contributed by atoms with Crippen LogP contribution < -0.4 is 4.74 Å². The summed E-state index contributed by atoms with van der Waals surface area (Å²) in [5, 5.41) is 0. The number of ether oxygens (including phenoxy) is 1. The normalized spacial score (nSPS) is 23.1. The highest BCUT2D eigenvalue weighted by molar-refractivity contribution is 5.91. The monoisotopic (exact) mass is 273 g/mol. The van der Waals surface area contributed by atoms with E-state index in [1.807, 2.05) is 35.2 Å². The molecule has 1 aromatic rings. The quantitative estimate of drug-likeness (QED) is 0.791. The minimum Gasteiger partial charge on any atom is -0.497 e. The molecular formula is C17H23NO2. The van der Waals surface area contributed by atoms with Gasteiger partial charge in [0.15, 0.2) is 0 Å². The van der Waals surface area contributed by atoms with Gasteiger partial charge in [-0.05, 0) is 42.0 Å². The van der Waals surface area contributed by atoms with Crippen LogP contribution in [0.1, 0.15) is 25.8 Å². The molecule has 1 aliphatic heterocycles. The van der Waals surface area contributed by atoms with Crippen LogP contribution in [0.2, 0.25) is 0 Å². The minimum atomic E-state index is 0.110. The summed E-state index contributed by atoms with van der Waals surface area (Å²) in [6.45, 7) is 6.17. The van der Waals surface area contributed by atoms with Crippen molar-refractivity contribution in [2.24, 2.45) is 11.8 Å². The van der Waals surface area contributed by atoms with Crippen molar-refractivity contribution in [3.05, 3.63) is 35.9 Å². The lowest BCUT2D eigenvalue weighted by Crippen LogP contribution is -2.41. The Morgan fingerprint density at radius 1 is 1.20 bits per heavy atom. The molecule has 1 aromatic carbocycles. The molecule has 0 spiro atoms. The first kappa shape index (κ1) is 14.6. The van der Waals surface area contributed by atoms with Gasteiger partial charge in [-0.1, -0.05) is 26.0 Å². The molecule has 0 saturated carbocycles. The van der Waals surface area contributed by atoms with Crippen LogP contribution in [0.15, 0.2) is 30.3 Å². The van der Waals surface area contributed by atoms with Crippen LogP contribution in [-0.4, -0.2) is 31.0 Å². The van der Waals surface area contributed by atoms with Gasteiger partial charge in [0, 0.05) is 19.2 Å². The van der Waals surface area contributed by atoms with E-state index in [2.05, 4.69) is 13.8 Å². The van der Waals surface area contributed by atoms with Crippen LogP contribution in [-0.2, 0) is 4.79 Å². The van der Waals surface area contributed by atoms with E-state index in [-0.39, 0.29) is 5.91 Å². The van der Waals surface area contributed by atoms with Gasteiger partial charge in [-0.15, -0.1) is 0 Å². The van der Waals surface area contributed by atoms with Gasteiger partial charge in [-0.2, -0.15) is 0 Å². The highest BCUT2D eigenvalue weighted by Crippen LogP contribution is 2.21. The lowest BCUT2D eigenvalue weighted by atomic mass is 9.92. The van der Waals surface area contributed by atoms with Crippen molar-refractivity contribution < 1.29 is 9.53 Å². The van der Waals surface area contributed by atoms with Gasteiger partial charge in [-0.25, -0.2) is 0 Å². The maximum Gasteiger partial charge on any atom is 0.246 e. The van der Waals surface area contributed by atoms with E-state index in [1.54, 1.807) is 13.2 Å². The average molecular weight is 273 g/mol. The van der Waals surface area contributed by atoms with Gasteiger partial charge in [0.25, 0.3) is 0 Å². The van der Waals surface area contributed by atoms with Gasteiger partial charge in [0.1, 0.15) is 5.75 Å². The molecule has 108 valence electrons. The maximum atomic E-state index is 12.2. The number of carbonyl (C=O) groups is 1. The molecule has 1 heterocycles. The van der Waals surface area contributed by atoms with Crippen LogP contribution in [0.25, 0.3) is 6.08 Å². The predicted molar refractivity (Wildman–Crippen MR) is 81.6 cm³/mol. The Morgan fingerprint density at radius 2 is 1.80 bits per heavy atom. The van der Waals surface area contributed by atoms with E-state index >= 15 is 0 Å². The molecule has 3 nitrogen and oxygen atoms in total. The standard InChI is InChI=1S/C17H23NO2/c1-13-10-14(2)12-18(11-13)17(19)9-6-15-4-7-16(20-3)8-5-15/h4-9,13-14H,10-12H2,1-3H3/b9-6+. The Balaban J connectivity index is 1.97. The number of benzene rings is 1. The van der Waals surface area contributed by atoms with E-state index < -0.39 is 0 Å². The average Bonchev–Trinajstić information content (AvgIpc) is 2.44. The highest BCUT2D eigenvalue weighted by Gasteiger charge is 2.23. The first-order chi connectivity index (χ1) is 9.58. The summed E-state index contributed by atoms with van der Waals surface area (Å²) in [5.74, 6) is 2.13. The fourth-order valence-corrected chi connectivity index (χ4v) is 2.83. The van der Waals surface area contributed by atoms with E-state index in [0.717, 1.165) is 24.4 Å². The number of hydrogen-bond donors (Lipinski definition) is 0. The molecule has 2 unspecified atom stereocenters. The number of hydrogen-bond acceptors (Lipinski definition) is 2. The second-order valence-corrected chi connectivity index (χ2v) is 5.80. The van der Waals surface area contributed by atoms with Gasteiger partial charge in [0.05, 0.1) is 7.11 Å². The molecule has 3 heteroatoms. The van der Waals surface area contributed by atoms with Crippen molar-refractivity contribution in [3.63, 3.8) is 0 Å². The van der Waals surface area contributed by atoms with Crippen molar-refractivity contribution in [1.82, 2.24) is 4.90 Å². The number of rotatable bonds is 3. The molecule has 0 radical (unpaired) electrons. The smallest absolute Gasteiger partial charge is 0.246 e. The van der Waals surface area contributed by atoms with Crippen molar-refractivity contribution >= 4 is 12.0 Å². The SMILES string of the molecule is COc1ccc(/C=C/C(=O)N2CC(C)CC(C)C2)cc1. The van der Waals surface area contributed by atoms with Gasteiger partial charge in [0.2, 0.25) is 5.91 Å². The van der Waals surface area contributed by atoms with Crippen molar-refractivity contribution in [1.29, 1.82) is 0 Å². The number of amides is 1. The Hall–Kier alpha value is -1.77. The Kier molecular flexibility index (Phi) is 4.83. The molecular weight excluding hydrogens is 250 g/mol. The molecule has 0 aromatic heterocycles. The molecule has 1 amide bonds. The fraction of sp³-hybridized carbons (Fsp3) is 0.471. The van der Waals surface area contributed by atoms with E-state index in [4.69, 9.17) is 4.74 Å². The van der Waals surface area contributed by atoms with Crippen LogP contribution >= 0.6 is 0 Å². The predicted octanol–water partition coefficient (Wildman–Crippen LogP) is 3.21.